The van der Waals surface area contributed by atoms with Gasteiger partial charge in [0.1, 0.15) is 5.76 Å². The Labute approximate surface area is 176 Å². The van der Waals surface area contributed by atoms with Crippen LogP contribution in [0.5, 0.6) is 5.75 Å². The monoisotopic (exact) mass is 408 g/mol. The second-order valence-electron chi connectivity index (χ2n) is 8.12. The fraction of sp³-hybridized carbons (Fsp3) is 0.478. The van der Waals surface area contributed by atoms with E-state index >= 15 is 0 Å². The summed E-state index contributed by atoms with van der Waals surface area (Å²) in [6, 6.07) is 6.13. The van der Waals surface area contributed by atoms with Crippen LogP contribution in [0.2, 0.25) is 0 Å². The highest BCUT2D eigenvalue weighted by Gasteiger charge is 2.27. The fourth-order valence-electron chi connectivity index (χ4n) is 4.73. The summed E-state index contributed by atoms with van der Waals surface area (Å²) in [6.45, 7) is 6.73. The zero-order valence-electron chi connectivity index (χ0n) is 17.7. The van der Waals surface area contributed by atoms with E-state index in [9.17, 15) is 4.79 Å². The van der Waals surface area contributed by atoms with Crippen LogP contribution in [0.4, 0.5) is 0 Å². The highest BCUT2D eigenvalue weighted by atomic mass is 16.5. The maximum Gasteiger partial charge on any atom is 0.257 e. The van der Waals surface area contributed by atoms with Crippen molar-refractivity contribution in [3.63, 3.8) is 0 Å². The first-order valence-electron chi connectivity index (χ1n) is 10.8. The highest BCUT2D eigenvalue weighted by Crippen LogP contribution is 2.35. The molecule has 7 nitrogen and oxygen atoms in total. The van der Waals surface area contributed by atoms with Crippen LogP contribution in [-0.2, 0) is 26.4 Å². The SMILES string of the molecule is CCOc1cccc2c3c(oc12)CN(CCN1CCCc2c(cnn2C)C1=O)CC3. The summed E-state index contributed by atoms with van der Waals surface area (Å²) < 4.78 is 13.8. The lowest BCUT2D eigenvalue weighted by atomic mass is 10.0. The van der Waals surface area contributed by atoms with Crippen LogP contribution < -0.4 is 4.74 Å². The van der Waals surface area contributed by atoms with E-state index in [4.69, 9.17) is 9.15 Å². The molecule has 1 amide bonds. The molecule has 5 rings (SSSR count). The van der Waals surface area contributed by atoms with Crippen LogP contribution in [-0.4, -0.2) is 58.3 Å². The molecule has 0 atom stereocenters. The number of fused-ring (bicyclic) bond motifs is 4. The molecule has 2 aromatic heterocycles. The van der Waals surface area contributed by atoms with Crippen LogP contribution in [0.3, 0.4) is 0 Å². The lowest BCUT2D eigenvalue weighted by molar-refractivity contribution is 0.0734. The number of nitrogens with zero attached hydrogens (tertiary/aromatic N) is 4. The molecule has 0 fully saturated rings. The Hall–Kier alpha value is -2.80. The second-order valence-corrected chi connectivity index (χ2v) is 8.12. The van der Waals surface area contributed by atoms with Gasteiger partial charge in [0.15, 0.2) is 11.3 Å². The van der Waals surface area contributed by atoms with Crippen LogP contribution in [0.25, 0.3) is 11.0 Å². The van der Waals surface area contributed by atoms with Gasteiger partial charge in [0.2, 0.25) is 0 Å². The fourth-order valence-corrected chi connectivity index (χ4v) is 4.73. The number of amides is 1. The van der Waals surface area contributed by atoms with Gasteiger partial charge in [-0.3, -0.25) is 14.4 Å². The van der Waals surface area contributed by atoms with Gasteiger partial charge in [0.25, 0.3) is 5.91 Å². The lowest BCUT2D eigenvalue weighted by Crippen LogP contribution is -2.40. The average Bonchev–Trinajstić information content (AvgIpc) is 3.26. The molecule has 3 aromatic rings. The van der Waals surface area contributed by atoms with Crippen LogP contribution in [0, 0.1) is 0 Å². The molecule has 2 aliphatic heterocycles. The number of carbonyl (C=O) groups is 1. The van der Waals surface area contributed by atoms with E-state index in [0.717, 1.165) is 80.3 Å². The summed E-state index contributed by atoms with van der Waals surface area (Å²) in [6.07, 6.45) is 4.56. The average molecular weight is 409 g/mol. The van der Waals surface area contributed by atoms with Gasteiger partial charge in [-0.05, 0) is 32.3 Å². The van der Waals surface area contributed by atoms with Crippen molar-refractivity contribution in [1.82, 2.24) is 19.6 Å². The van der Waals surface area contributed by atoms with Crippen molar-refractivity contribution in [2.45, 2.75) is 32.7 Å². The Bertz CT molecular complexity index is 1080. The number of furan rings is 1. The van der Waals surface area contributed by atoms with E-state index in [1.54, 1.807) is 6.20 Å². The summed E-state index contributed by atoms with van der Waals surface area (Å²) in [5, 5.41) is 5.45. The van der Waals surface area contributed by atoms with Crippen molar-refractivity contribution in [3.8, 4) is 5.75 Å². The Kier molecular flexibility index (Phi) is 4.98. The summed E-state index contributed by atoms with van der Waals surface area (Å²) in [5.41, 5.74) is 3.97. The molecule has 0 aliphatic carbocycles. The molecule has 0 N–H and O–H groups in total. The molecule has 0 bridgehead atoms. The Balaban J connectivity index is 1.28. The molecule has 7 heteroatoms. The van der Waals surface area contributed by atoms with E-state index in [1.807, 2.05) is 35.7 Å². The second kappa shape index (κ2) is 7.80. The van der Waals surface area contributed by atoms with E-state index in [2.05, 4.69) is 16.1 Å². The van der Waals surface area contributed by atoms with Crippen molar-refractivity contribution in [3.05, 3.63) is 47.0 Å². The maximum atomic E-state index is 13.0. The lowest BCUT2D eigenvalue weighted by Gasteiger charge is -2.29. The predicted octanol–water partition coefficient (Wildman–Crippen LogP) is 3.01. The van der Waals surface area contributed by atoms with Gasteiger partial charge in [0, 0.05) is 44.2 Å². The third kappa shape index (κ3) is 3.27. The topological polar surface area (TPSA) is 63.7 Å². The molecular weight excluding hydrogens is 380 g/mol. The Morgan fingerprint density at radius 1 is 1.20 bits per heavy atom. The first kappa shape index (κ1) is 19.2. The van der Waals surface area contributed by atoms with Crippen LogP contribution in [0.15, 0.2) is 28.8 Å². The van der Waals surface area contributed by atoms with Crippen LogP contribution in [0.1, 0.15) is 40.7 Å². The van der Waals surface area contributed by atoms with Gasteiger partial charge in [0.05, 0.1) is 30.6 Å². The number of hydrogen-bond acceptors (Lipinski definition) is 5. The van der Waals surface area contributed by atoms with Gasteiger partial charge >= 0.3 is 0 Å². The quantitative estimate of drug-likeness (QED) is 0.649. The van der Waals surface area contributed by atoms with E-state index < -0.39 is 0 Å². The third-order valence-electron chi connectivity index (χ3n) is 6.32. The van der Waals surface area contributed by atoms with Crippen molar-refractivity contribution in [2.24, 2.45) is 7.05 Å². The van der Waals surface area contributed by atoms with Crippen LogP contribution >= 0.6 is 0 Å². The van der Waals surface area contributed by atoms with Crippen molar-refractivity contribution in [1.29, 1.82) is 0 Å². The van der Waals surface area contributed by atoms with Gasteiger partial charge in [-0.15, -0.1) is 0 Å². The molecule has 0 saturated heterocycles. The summed E-state index contributed by atoms with van der Waals surface area (Å²) in [7, 11) is 1.91. The van der Waals surface area contributed by atoms with Gasteiger partial charge in [-0.2, -0.15) is 5.10 Å². The number of para-hydroxylation sites is 1. The molecule has 30 heavy (non-hydrogen) atoms. The summed E-state index contributed by atoms with van der Waals surface area (Å²) in [4.78, 5) is 17.3. The standard InChI is InChI=1S/C23H28N4O3/c1-3-29-20-8-4-6-17-16-9-11-26(15-21(16)30-22(17)20)12-13-27-10-5-7-19-18(23(27)28)14-24-25(19)2/h4,6,8,14H,3,5,7,9-13,15H2,1-2H3. The van der Waals surface area contributed by atoms with Crippen molar-refractivity contribution < 1.29 is 13.9 Å². The largest absolute Gasteiger partial charge is 0.490 e. The number of aromatic nitrogens is 2. The van der Waals surface area contributed by atoms with Gasteiger partial charge in [-0.1, -0.05) is 12.1 Å². The number of hydrogen-bond donors (Lipinski definition) is 0. The number of aryl methyl sites for hydroxylation is 1. The number of benzene rings is 1. The number of rotatable bonds is 5. The minimum absolute atomic E-state index is 0.110. The predicted molar refractivity (Wildman–Crippen MR) is 114 cm³/mol. The van der Waals surface area contributed by atoms with E-state index in [1.165, 1.54) is 10.9 Å². The highest BCUT2D eigenvalue weighted by molar-refractivity contribution is 5.95. The smallest absolute Gasteiger partial charge is 0.257 e. The molecule has 2 aliphatic rings. The number of ether oxygens (including phenoxy) is 1. The molecule has 158 valence electrons. The minimum atomic E-state index is 0.110. The maximum absolute atomic E-state index is 13.0. The van der Waals surface area contributed by atoms with Crippen molar-refractivity contribution >= 4 is 16.9 Å². The first-order chi connectivity index (χ1) is 14.7. The third-order valence-corrected chi connectivity index (χ3v) is 6.32. The minimum Gasteiger partial charge on any atom is -0.490 e. The Morgan fingerprint density at radius 3 is 2.97 bits per heavy atom. The normalized spacial score (nSPS) is 17.1. The summed E-state index contributed by atoms with van der Waals surface area (Å²) >= 11 is 0. The molecule has 4 heterocycles. The summed E-state index contributed by atoms with van der Waals surface area (Å²) in [5.74, 6) is 1.96. The molecule has 0 spiro atoms. The van der Waals surface area contributed by atoms with Gasteiger partial charge < -0.3 is 14.1 Å². The van der Waals surface area contributed by atoms with Crippen molar-refractivity contribution in [2.75, 3.05) is 32.8 Å². The molecule has 0 radical (unpaired) electrons. The first-order valence-corrected chi connectivity index (χ1v) is 10.8. The number of carbonyl (C=O) groups excluding carboxylic acids is 1. The zero-order chi connectivity index (χ0) is 20.7. The molecule has 0 unspecified atom stereocenters. The zero-order valence-corrected chi connectivity index (χ0v) is 17.7. The Morgan fingerprint density at radius 2 is 2.10 bits per heavy atom. The van der Waals surface area contributed by atoms with E-state index in [-0.39, 0.29) is 5.91 Å². The molecule has 1 aromatic carbocycles. The molecule has 0 saturated carbocycles. The van der Waals surface area contributed by atoms with Gasteiger partial charge in [-0.25, -0.2) is 0 Å². The van der Waals surface area contributed by atoms with E-state index in [0.29, 0.717) is 6.61 Å². The molecular formula is C23H28N4O3.